The first kappa shape index (κ1) is 22.7. The Bertz CT molecular complexity index is 1100. The van der Waals surface area contributed by atoms with Crippen LogP contribution >= 0.6 is 0 Å². The van der Waals surface area contributed by atoms with E-state index in [1.165, 1.54) is 4.90 Å². The second-order valence-electron chi connectivity index (χ2n) is 8.79. The number of piperazine rings is 1. The Kier molecular flexibility index (Phi) is 6.89. The van der Waals surface area contributed by atoms with Crippen molar-refractivity contribution >= 4 is 11.8 Å². The van der Waals surface area contributed by atoms with Gasteiger partial charge in [0.2, 0.25) is 5.91 Å². The van der Waals surface area contributed by atoms with Crippen LogP contribution in [0.15, 0.2) is 60.8 Å². The zero-order chi connectivity index (χ0) is 23.4. The molecule has 1 aliphatic rings. The average molecular weight is 446 g/mol. The van der Waals surface area contributed by atoms with Gasteiger partial charge >= 0.3 is 0 Å². The van der Waals surface area contributed by atoms with Crippen LogP contribution < -0.4 is 0 Å². The third kappa shape index (κ3) is 5.49. The fraction of sp³-hybridized carbons (Fsp3) is 0.346. The van der Waals surface area contributed by atoms with Crippen molar-refractivity contribution < 1.29 is 9.59 Å². The van der Waals surface area contributed by atoms with Crippen molar-refractivity contribution in [2.24, 2.45) is 0 Å². The number of amides is 2. The second kappa shape index (κ2) is 10.0. The molecule has 1 aromatic heterocycles. The SMILES string of the molecule is Cc1ccc(-c2nn(Cc3ccccc3)cc2C(=O)N(C)CC(=O)N2CCN(C)CC2)cc1. The molecule has 1 fully saturated rings. The molecular formula is C26H31N5O2. The van der Waals surface area contributed by atoms with E-state index in [1.807, 2.05) is 66.4 Å². The van der Waals surface area contributed by atoms with Gasteiger partial charge in [-0.3, -0.25) is 14.3 Å². The van der Waals surface area contributed by atoms with E-state index in [9.17, 15) is 9.59 Å². The van der Waals surface area contributed by atoms with Crippen molar-refractivity contribution in [3.05, 3.63) is 77.5 Å². The minimum absolute atomic E-state index is 0.0208. The van der Waals surface area contributed by atoms with E-state index in [0.29, 0.717) is 30.9 Å². The molecule has 0 N–H and O–H groups in total. The lowest BCUT2D eigenvalue weighted by molar-refractivity contribution is -0.133. The van der Waals surface area contributed by atoms with Crippen molar-refractivity contribution in [3.8, 4) is 11.3 Å². The molecular weight excluding hydrogens is 414 g/mol. The molecule has 0 aliphatic carbocycles. The van der Waals surface area contributed by atoms with Crippen LogP contribution in [-0.2, 0) is 11.3 Å². The standard InChI is InChI=1S/C26H31N5O2/c1-20-9-11-22(12-10-20)25-23(18-31(27-25)17-21-7-5-4-6-8-21)26(33)29(3)19-24(32)30-15-13-28(2)14-16-30/h4-12,18H,13-17,19H2,1-3H3. The van der Waals surface area contributed by atoms with Crippen molar-refractivity contribution in [1.82, 2.24) is 24.5 Å². The molecule has 7 nitrogen and oxygen atoms in total. The molecule has 0 spiro atoms. The average Bonchev–Trinajstić information content (AvgIpc) is 3.23. The lowest BCUT2D eigenvalue weighted by Gasteiger charge is -2.33. The molecule has 172 valence electrons. The number of likely N-dealkylation sites (N-methyl/N-ethyl adjacent to an activating group) is 2. The summed E-state index contributed by atoms with van der Waals surface area (Å²) in [5.41, 5.74) is 4.27. The number of carbonyl (C=O) groups excluding carboxylic acids is 2. The molecule has 0 bridgehead atoms. The molecule has 0 saturated carbocycles. The molecule has 33 heavy (non-hydrogen) atoms. The summed E-state index contributed by atoms with van der Waals surface area (Å²) in [5, 5.41) is 4.75. The monoisotopic (exact) mass is 445 g/mol. The molecule has 3 aromatic rings. The van der Waals surface area contributed by atoms with E-state index in [0.717, 1.165) is 29.8 Å². The Morgan fingerprint density at radius 2 is 1.64 bits per heavy atom. The Labute approximate surface area is 195 Å². The van der Waals surface area contributed by atoms with Gasteiger partial charge in [0.15, 0.2) is 0 Å². The minimum atomic E-state index is -0.202. The lowest BCUT2D eigenvalue weighted by Crippen LogP contribution is -2.50. The summed E-state index contributed by atoms with van der Waals surface area (Å²) in [4.78, 5) is 31.8. The number of benzene rings is 2. The molecule has 0 atom stereocenters. The first-order chi connectivity index (χ1) is 15.9. The van der Waals surface area contributed by atoms with Gasteiger partial charge in [-0.25, -0.2) is 0 Å². The van der Waals surface area contributed by atoms with Crippen LogP contribution in [0, 0.1) is 6.92 Å². The predicted molar refractivity (Wildman–Crippen MR) is 129 cm³/mol. The number of hydrogen-bond donors (Lipinski definition) is 0. The zero-order valence-corrected chi connectivity index (χ0v) is 19.6. The quantitative estimate of drug-likeness (QED) is 0.585. The minimum Gasteiger partial charge on any atom is -0.339 e. The maximum absolute atomic E-state index is 13.4. The predicted octanol–water partition coefficient (Wildman–Crippen LogP) is 2.75. The van der Waals surface area contributed by atoms with Crippen LogP contribution in [0.25, 0.3) is 11.3 Å². The molecule has 0 unspecified atom stereocenters. The number of rotatable bonds is 6. The van der Waals surface area contributed by atoms with Crippen LogP contribution in [0.3, 0.4) is 0 Å². The highest BCUT2D eigenvalue weighted by Crippen LogP contribution is 2.24. The summed E-state index contributed by atoms with van der Waals surface area (Å²) in [7, 11) is 3.74. The van der Waals surface area contributed by atoms with E-state index < -0.39 is 0 Å². The maximum Gasteiger partial charge on any atom is 0.257 e. The van der Waals surface area contributed by atoms with Gasteiger partial charge in [0.1, 0.15) is 5.69 Å². The highest BCUT2D eigenvalue weighted by atomic mass is 16.2. The smallest absolute Gasteiger partial charge is 0.257 e. The fourth-order valence-corrected chi connectivity index (χ4v) is 3.99. The third-order valence-electron chi connectivity index (χ3n) is 6.08. The lowest BCUT2D eigenvalue weighted by atomic mass is 10.1. The normalized spacial score (nSPS) is 14.3. The Hall–Kier alpha value is -3.45. The third-order valence-corrected chi connectivity index (χ3v) is 6.08. The second-order valence-corrected chi connectivity index (χ2v) is 8.79. The van der Waals surface area contributed by atoms with E-state index in [4.69, 9.17) is 5.10 Å². The van der Waals surface area contributed by atoms with Gasteiger partial charge in [-0.2, -0.15) is 5.10 Å². The van der Waals surface area contributed by atoms with Gasteiger partial charge in [0.05, 0.1) is 18.7 Å². The summed E-state index contributed by atoms with van der Waals surface area (Å²) in [6.07, 6.45) is 1.79. The molecule has 2 aromatic carbocycles. The van der Waals surface area contributed by atoms with Crippen LogP contribution in [-0.4, -0.2) is 83.1 Å². The topological polar surface area (TPSA) is 61.7 Å². The van der Waals surface area contributed by atoms with Crippen LogP contribution in [0.2, 0.25) is 0 Å². The Morgan fingerprint density at radius 3 is 2.30 bits per heavy atom. The largest absolute Gasteiger partial charge is 0.339 e. The van der Waals surface area contributed by atoms with Gasteiger partial charge in [-0.1, -0.05) is 60.2 Å². The van der Waals surface area contributed by atoms with Gasteiger partial charge in [-0.15, -0.1) is 0 Å². The molecule has 0 radical (unpaired) electrons. The van der Waals surface area contributed by atoms with Crippen molar-refractivity contribution in [3.63, 3.8) is 0 Å². The molecule has 1 saturated heterocycles. The number of nitrogens with zero attached hydrogens (tertiary/aromatic N) is 5. The molecule has 1 aliphatic heterocycles. The van der Waals surface area contributed by atoms with E-state index in [-0.39, 0.29) is 18.4 Å². The number of hydrogen-bond acceptors (Lipinski definition) is 4. The summed E-state index contributed by atoms with van der Waals surface area (Å²) in [6.45, 7) is 5.75. The maximum atomic E-state index is 13.4. The number of aromatic nitrogens is 2. The molecule has 2 amide bonds. The highest BCUT2D eigenvalue weighted by Gasteiger charge is 2.25. The molecule has 7 heteroatoms. The highest BCUT2D eigenvalue weighted by molar-refractivity contribution is 6.01. The van der Waals surface area contributed by atoms with Crippen molar-refractivity contribution in [1.29, 1.82) is 0 Å². The Morgan fingerprint density at radius 1 is 0.970 bits per heavy atom. The van der Waals surface area contributed by atoms with E-state index in [2.05, 4.69) is 11.9 Å². The Balaban J connectivity index is 1.56. The summed E-state index contributed by atoms with van der Waals surface area (Å²) in [5.74, 6) is -0.222. The van der Waals surface area contributed by atoms with E-state index in [1.54, 1.807) is 17.9 Å². The van der Waals surface area contributed by atoms with Crippen LogP contribution in [0.1, 0.15) is 21.5 Å². The first-order valence-corrected chi connectivity index (χ1v) is 11.3. The number of aryl methyl sites for hydroxylation is 1. The summed E-state index contributed by atoms with van der Waals surface area (Å²) >= 11 is 0. The van der Waals surface area contributed by atoms with Crippen molar-refractivity contribution in [2.75, 3.05) is 46.8 Å². The van der Waals surface area contributed by atoms with Crippen LogP contribution in [0.4, 0.5) is 0 Å². The van der Waals surface area contributed by atoms with Gasteiger partial charge in [0.25, 0.3) is 5.91 Å². The first-order valence-electron chi connectivity index (χ1n) is 11.3. The fourth-order valence-electron chi connectivity index (χ4n) is 3.99. The van der Waals surface area contributed by atoms with E-state index >= 15 is 0 Å². The van der Waals surface area contributed by atoms with Gasteiger partial charge < -0.3 is 14.7 Å². The van der Waals surface area contributed by atoms with Gasteiger partial charge in [-0.05, 0) is 19.5 Å². The van der Waals surface area contributed by atoms with Crippen molar-refractivity contribution in [2.45, 2.75) is 13.5 Å². The summed E-state index contributed by atoms with van der Waals surface area (Å²) < 4.78 is 1.80. The summed E-state index contributed by atoms with van der Waals surface area (Å²) in [6, 6.07) is 18.0. The molecule has 2 heterocycles. The van der Waals surface area contributed by atoms with Gasteiger partial charge in [0, 0.05) is 45.0 Å². The number of carbonyl (C=O) groups is 2. The zero-order valence-electron chi connectivity index (χ0n) is 19.6. The van der Waals surface area contributed by atoms with Crippen LogP contribution in [0.5, 0.6) is 0 Å². The molecule has 4 rings (SSSR count).